The van der Waals surface area contributed by atoms with Crippen molar-refractivity contribution in [2.45, 2.75) is 52.0 Å². The Bertz CT molecular complexity index is 323. The molecule has 1 fully saturated rings. The van der Waals surface area contributed by atoms with Crippen molar-refractivity contribution in [1.29, 1.82) is 0 Å². The molecular weight excluding hydrogens is 222 g/mol. The summed E-state index contributed by atoms with van der Waals surface area (Å²) in [5, 5.41) is 3.15. The van der Waals surface area contributed by atoms with Gasteiger partial charge in [-0.3, -0.25) is 9.59 Å². The van der Waals surface area contributed by atoms with E-state index in [4.69, 9.17) is 12.2 Å². The van der Waals surface area contributed by atoms with Crippen LogP contribution in [0.25, 0.3) is 0 Å². The molecule has 0 heterocycles. The molecule has 4 heteroatoms. The van der Waals surface area contributed by atoms with Crippen LogP contribution in [0, 0.1) is 5.92 Å². The van der Waals surface area contributed by atoms with Crippen LogP contribution in [0.15, 0.2) is 0 Å². The molecule has 0 saturated heterocycles. The van der Waals surface area contributed by atoms with E-state index in [1.807, 2.05) is 13.8 Å². The summed E-state index contributed by atoms with van der Waals surface area (Å²) in [6.07, 6.45) is 2.84. The van der Waals surface area contributed by atoms with E-state index in [9.17, 15) is 9.59 Å². The van der Waals surface area contributed by atoms with Crippen LogP contribution in [0.2, 0.25) is 0 Å². The van der Waals surface area contributed by atoms with Gasteiger partial charge in [0.25, 0.3) is 0 Å². The third-order valence-corrected chi connectivity index (χ3v) is 3.16. The number of hydrogen-bond acceptors (Lipinski definition) is 3. The van der Waals surface area contributed by atoms with Gasteiger partial charge in [0.15, 0.2) is 0 Å². The number of ketones is 2. The van der Waals surface area contributed by atoms with Gasteiger partial charge in [0.1, 0.15) is 11.6 Å². The molecule has 0 amide bonds. The van der Waals surface area contributed by atoms with E-state index in [1.54, 1.807) is 6.92 Å². The normalized spacial score (nSPS) is 20.9. The molecule has 1 atom stereocenters. The highest BCUT2D eigenvalue weighted by atomic mass is 32.1. The highest BCUT2D eigenvalue weighted by Gasteiger charge is 2.31. The van der Waals surface area contributed by atoms with Gasteiger partial charge in [-0.1, -0.05) is 12.2 Å². The van der Waals surface area contributed by atoms with Crippen LogP contribution in [-0.2, 0) is 9.59 Å². The first-order valence-electron chi connectivity index (χ1n) is 5.66. The van der Waals surface area contributed by atoms with Crippen LogP contribution in [0.4, 0.5) is 0 Å². The Morgan fingerprint density at radius 2 is 2.19 bits per heavy atom. The van der Waals surface area contributed by atoms with Crippen molar-refractivity contribution in [1.82, 2.24) is 5.32 Å². The molecular formula is C12H19NO2S. The Hall–Kier alpha value is -0.770. The van der Waals surface area contributed by atoms with E-state index < -0.39 is 0 Å². The molecule has 1 aliphatic rings. The largest absolute Gasteiger partial charge is 0.374 e. The van der Waals surface area contributed by atoms with E-state index in [0.717, 1.165) is 12.8 Å². The lowest BCUT2D eigenvalue weighted by atomic mass is 9.96. The van der Waals surface area contributed by atoms with Gasteiger partial charge >= 0.3 is 0 Å². The number of Topliss-reactive ketones (excluding diaryl/α,β-unsaturated/α-hetero) is 2. The van der Waals surface area contributed by atoms with Gasteiger partial charge in [-0.2, -0.15) is 0 Å². The smallest absolute Gasteiger partial charge is 0.142 e. The quantitative estimate of drug-likeness (QED) is 0.765. The topological polar surface area (TPSA) is 46.2 Å². The Balaban J connectivity index is 2.56. The number of hydrogen-bond donors (Lipinski definition) is 1. The van der Waals surface area contributed by atoms with Gasteiger partial charge < -0.3 is 5.32 Å². The van der Waals surface area contributed by atoms with Gasteiger partial charge in [0.2, 0.25) is 0 Å². The van der Waals surface area contributed by atoms with Crippen molar-refractivity contribution in [3.8, 4) is 0 Å². The minimum absolute atomic E-state index is 0.123. The molecule has 0 radical (unpaired) electrons. The molecule has 1 unspecified atom stereocenters. The van der Waals surface area contributed by atoms with E-state index in [1.165, 1.54) is 0 Å². The van der Waals surface area contributed by atoms with Crippen molar-refractivity contribution < 1.29 is 9.59 Å². The molecule has 0 spiro atoms. The molecule has 1 saturated carbocycles. The first-order valence-corrected chi connectivity index (χ1v) is 6.07. The van der Waals surface area contributed by atoms with Gasteiger partial charge in [-0.25, -0.2) is 0 Å². The maximum atomic E-state index is 11.5. The second-order valence-corrected chi connectivity index (χ2v) is 5.60. The number of carbonyl (C=O) groups is 2. The Morgan fingerprint density at radius 3 is 2.62 bits per heavy atom. The molecule has 16 heavy (non-hydrogen) atoms. The van der Waals surface area contributed by atoms with Crippen molar-refractivity contribution in [3.05, 3.63) is 0 Å². The zero-order chi connectivity index (χ0) is 12.3. The summed E-state index contributed by atoms with van der Waals surface area (Å²) >= 11 is 5.25. The molecule has 90 valence electrons. The van der Waals surface area contributed by atoms with Crippen LogP contribution < -0.4 is 5.32 Å². The van der Waals surface area contributed by atoms with Crippen molar-refractivity contribution >= 4 is 28.8 Å². The second-order valence-electron chi connectivity index (χ2n) is 5.16. The average molecular weight is 241 g/mol. The summed E-state index contributed by atoms with van der Waals surface area (Å²) in [5.74, 6) is 0.232. The summed E-state index contributed by atoms with van der Waals surface area (Å²) in [6.45, 7) is 5.42. The zero-order valence-corrected chi connectivity index (χ0v) is 10.9. The molecule has 0 aliphatic heterocycles. The van der Waals surface area contributed by atoms with Gasteiger partial charge in [-0.15, -0.1) is 0 Å². The minimum atomic E-state index is -0.355. The number of rotatable bonds is 4. The fourth-order valence-corrected chi connectivity index (χ4v) is 2.71. The van der Waals surface area contributed by atoms with Crippen LogP contribution in [0.5, 0.6) is 0 Å². The summed E-state index contributed by atoms with van der Waals surface area (Å²) in [6, 6.07) is 0. The fourth-order valence-electron chi connectivity index (χ4n) is 2.18. The van der Waals surface area contributed by atoms with E-state index >= 15 is 0 Å². The number of nitrogens with one attached hydrogen (secondary N) is 1. The molecule has 3 nitrogen and oxygen atoms in total. The van der Waals surface area contributed by atoms with E-state index in [0.29, 0.717) is 17.8 Å². The number of carbonyl (C=O) groups excluding carboxylic acids is 2. The lowest BCUT2D eigenvalue weighted by Gasteiger charge is -2.28. The lowest BCUT2D eigenvalue weighted by molar-refractivity contribution is -0.119. The maximum Gasteiger partial charge on any atom is 0.142 e. The summed E-state index contributed by atoms with van der Waals surface area (Å²) in [7, 11) is 0. The van der Waals surface area contributed by atoms with Gasteiger partial charge in [0.05, 0.1) is 10.9 Å². The van der Waals surface area contributed by atoms with Crippen LogP contribution in [-0.4, -0.2) is 22.1 Å². The Labute approximate surface area is 102 Å². The minimum Gasteiger partial charge on any atom is -0.374 e. The summed E-state index contributed by atoms with van der Waals surface area (Å²) in [4.78, 5) is 23.2. The van der Waals surface area contributed by atoms with Crippen molar-refractivity contribution in [3.63, 3.8) is 0 Å². The Morgan fingerprint density at radius 1 is 1.56 bits per heavy atom. The monoisotopic (exact) mass is 241 g/mol. The maximum absolute atomic E-state index is 11.5. The first kappa shape index (κ1) is 13.3. The van der Waals surface area contributed by atoms with E-state index in [-0.39, 0.29) is 23.0 Å². The summed E-state index contributed by atoms with van der Waals surface area (Å²) < 4.78 is 0. The molecule has 1 N–H and O–H groups in total. The average Bonchev–Trinajstić information content (AvgIpc) is 2.47. The molecule has 0 aromatic rings. The highest BCUT2D eigenvalue weighted by molar-refractivity contribution is 7.80. The van der Waals surface area contributed by atoms with Crippen molar-refractivity contribution in [2.75, 3.05) is 0 Å². The zero-order valence-electron chi connectivity index (χ0n) is 10.1. The number of thiocarbonyl (C=S) groups is 1. The van der Waals surface area contributed by atoms with Crippen LogP contribution in [0.1, 0.15) is 46.5 Å². The third-order valence-electron chi connectivity index (χ3n) is 2.77. The van der Waals surface area contributed by atoms with Crippen molar-refractivity contribution in [2.24, 2.45) is 5.92 Å². The molecule has 1 rings (SSSR count). The molecule has 1 aliphatic carbocycles. The second kappa shape index (κ2) is 5.04. The van der Waals surface area contributed by atoms with Crippen LogP contribution in [0.3, 0.4) is 0 Å². The highest BCUT2D eigenvalue weighted by Crippen LogP contribution is 2.23. The predicted molar refractivity (Wildman–Crippen MR) is 67.5 cm³/mol. The molecule has 0 aromatic heterocycles. The standard InChI is InChI=1S/C12H19NO2S/c1-8(14)7-12(2,3)13-11(16)9-5-4-6-10(9)15/h9H,4-7H2,1-3H3,(H,13,16). The fraction of sp³-hybridized carbons (Fsp3) is 0.750. The first-order chi connectivity index (χ1) is 7.32. The van der Waals surface area contributed by atoms with E-state index in [2.05, 4.69) is 5.32 Å². The third kappa shape index (κ3) is 3.67. The molecule has 0 aromatic carbocycles. The molecule has 0 bridgehead atoms. The SMILES string of the molecule is CC(=O)CC(C)(C)NC(=S)C1CCCC1=O. The predicted octanol–water partition coefficient (Wildman–Crippen LogP) is 2.03. The van der Waals surface area contributed by atoms with Gasteiger partial charge in [0, 0.05) is 18.4 Å². The van der Waals surface area contributed by atoms with Crippen LogP contribution >= 0.6 is 12.2 Å². The summed E-state index contributed by atoms with van der Waals surface area (Å²) in [5.41, 5.74) is -0.355. The lowest BCUT2D eigenvalue weighted by Crippen LogP contribution is -2.47. The Kier molecular flexibility index (Phi) is 4.19. The van der Waals surface area contributed by atoms with Gasteiger partial charge in [-0.05, 0) is 33.6 Å².